The smallest absolute Gasteiger partial charge is 0.412 e. The molecule has 1 atom stereocenters. The first-order valence-corrected chi connectivity index (χ1v) is 8.56. The van der Waals surface area contributed by atoms with Crippen LogP contribution < -0.4 is 5.32 Å². The number of ether oxygens (including phenoxy) is 2. The maximum atomic E-state index is 13.5. The van der Waals surface area contributed by atoms with Gasteiger partial charge in [-0.15, -0.1) is 0 Å². The third kappa shape index (κ3) is 6.39. The number of rotatable bonds is 9. The molecule has 0 aliphatic rings. The summed E-state index contributed by atoms with van der Waals surface area (Å²) < 4.78 is 104. The molecule has 0 rings (SSSR count). The number of esters is 1. The minimum absolute atomic E-state index is 0.562. The van der Waals surface area contributed by atoms with Crippen LogP contribution in [0, 0.1) is 0 Å². The van der Waals surface area contributed by atoms with E-state index < -0.39 is 63.9 Å². The van der Waals surface area contributed by atoms with Crippen molar-refractivity contribution in [3.63, 3.8) is 0 Å². The summed E-state index contributed by atoms with van der Waals surface area (Å²) in [5.41, 5.74) is -0.562. The highest BCUT2D eigenvalue weighted by Gasteiger charge is 2.66. The van der Waals surface area contributed by atoms with Crippen molar-refractivity contribution in [2.45, 2.75) is 50.5 Å². The number of carbonyl (C=O) groups excluding carboxylic acids is 2. The molecule has 1 amide bonds. The van der Waals surface area contributed by atoms with E-state index in [0.717, 1.165) is 6.92 Å². The third-order valence-corrected chi connectivity index (χ3v) is 3.71. The number of carbonyl (C=O) groups is 2. The molecule has 158 valence electrons. The van der Waals surface area contributed by atoms with E-state index in [2.05, 4.69) is 16.1 Å². The number of amides is 1. The largest absolute Gasteiger partial charge is 0.466 e. The first-order chi connectivity index (χ1) is 11.9. The fourth-order valence-electron chi connectivity index (χ4n) is 1.43. The van der Waals surface area contributed by atoms with Gasteiger partial charge >= 0.3 is 39.2 Å². The number of nitrogens with one attached hydrogen (secondary N) is 1. The van der Waals surface area contributed by atoms with Gasteiger partial charge in [0.1, 0.15) is 0 Å². The van der Waals surface area contributed by atoms with Crippen LogP contribution in [0.25, 0.3) is 0 Å². The zero-order chi connectivity index (χ0) is 21.8. The highest BCUT2D eigenvalue weighted by molar-refractivity contribution is 7.86. The van der Waals surface area contributed by atoms with Crippen molar-refractivity contribution in [1.82, 2.24) is 5.32 Å². The molecule has 1 unspecified atom stereocenters. The van der Waals surface area contributed by atoms with Crippen molar-refractivity contribution in [3.8, 4) is 0 Å². The standard InChI is InChI=1S/C13H18F5NO7S/c1-7(2)9(20)26-12(13(16,17)18,10(21)19-8(3)4)25-6-5-11(14,15)27(22,23)24/h8H,1,5-6H2,2-4H3,(H,19,21)(H,22,23,24). The molecule has 27 heavy (non-hydrogen) atoms. The van der Waals surface area contributed by atoms with E-state index in [-0.39, 0.29) is 0 Å². The van der Waals surface area contributed by atoms with Gasteiger partial charge < -0.3 is 14.8 Å². The van der Waals surface area contributed by atoms with E-state index in [1.54, 1.807) is 5.32 Å². The zero-order valence-electron chi connectivity index (χ0n) is 14.4. The molecular formula is C13H18F5NO7S. The lowest BCUT2D eigenvalue weighted by Crippen LogP contribution is -2.62. The van der Waals surface area contributed by atoms with Crippen LogP contribution in [0.2, 0.25) is 0 Å². The number of halogens is 5. The summed E-state index contributed by atoms with van der Waals surface area (Å²) in [6.07, 6.45) is -7.69. The molecule has 8 nitrogen and oxygen atoms in total. The molecule has 0 aliphatic carbocycles. The highest BCUT2D eigenvalue weighted by atomic mass is 32.2. The lowest BCUT2D eigenvalue weighted by atomic mass is 10.2. The molecule has 0 saturated carbocycles. The topological polar surface area (TPSA) is 119 Å². The van der Waals surface area contributed by atoms with Gasteiger partial charge in [0, 0.05) is 11.6 Å². The zero-order valence-corrected chi connectivity index (χ0v) is 15.2. The quantitative estimate of drug-likeness (QED) is 0.189. The van der Waals surface area contributed by atoms with E-state index in [1.807, 2.05) is 0 Å². The van der Waals surface area contributed by atoms with Crippen molar-refractivity contribution in [3.05, 3.63) is 12.2 Å². The second-order valence-corrected chi connectivity index (χ2v) is 7.17. The Balaban J connectivity index is 5.90. The van der Waals surface area contributed by atoms with Gasteiger partial charge in [0.15, 0.2) is 0 Å². The van der Waals surface area contributed by atoms with Crippen molar-refractivity contribution in [2.75, 3.05) is 6.61 Å². The number of hydrogen-bond acceptors (Lipinski definition) is 6. The van der Waals surface area contributed by atoms with E-state index in [9.17, 15) is 40.0 Å². The molecule has 0 aromatic heterocycles. The van der Waals surface area contributed by atoms with Gasteiger partial charge in [0.05, 0.1) is 13.0 Å². The minimum atomic E-state index is -5.95. The Bertz CT molecular complexity index is 690. The van der Waals surface area contributed by atoms with Gasteiger partial charge in [0.25, 0.3) is 0 Å². The van der Waals surface area contributed by atoms with Crippen LogP contribution in [0.1, 0.15) is 27.2 Å². The molecule has 0 aromatic rings. The summed E-state index contributed by atoms with van der Waals surface area (Å²) in [5.74, 6) is -8.09. The molecule has 0 aliphatic heterocycles. The SMILES string of the molecule is C=C(C)C(=O)OC(OCCC(F)(F)S(=O)(=O)O)(C(=O)NC(C)C)C(F)(F)F. The molecule has 2 N–H and O–H groups in total. The van der Waals surface area contributed by atoms with Gasteiger partial charge in [-0.2, -0.15) is 30.4 Å². The summed E-state index contributed by atoms with van der Waals surface area (Å²) in [6, 6.07) is -0.898. The van der Waals surface area contributed by atoms with Crippen molar-refractivity contribution in [2.24, 2.45) is 0 Å². The van der Waals surface area contributed by atoms with Gasteiger partial charge in [-0.05, 0) is 20.8 Å². The van der Waals surface area contributed by atoms with Crippen LogP contribution in [0.5, 0.6) is 0 Å². The van der Waals surface area contributed by atoms with Crippen molar-refractivity contribution in [1.29, 1.82) is 0 Å². The van der Waals surface area contributed by atoms with Gasteiger partial charge in [-0.3, -0.25) is 9.35 Å². The fraction of sp³-hybridized carbons (Fsp3) is 0.692. The lowest BCUT2D eigenvalue weighted by Gasteiger charge is -2.34. The second-order valence-electron chi connectivity index (χ2n) is 5.62. The van der Waals surface area contributed by atoms with Crippen molar-refractivity contribution < 1.29 is 54.0 Å². The summed E-state index contributed by atoms with van der Waals surface area (Å²) in [4.78, 5) is 23.6. The van der Waals surface area contributed by atoms with E-state index in [0.29, 0.717) is 0 Å². The molecule has 0 bridgehead atoms. The molecule has 0 spiro atoms. The van der Waals surface area contributed by atoms with E-state index in [1.165, 1.54) is 13.8 Å². The average molecular weight is 427 g/mol. The minimum Gasteiger partial charge on any atom is -0.412 e. The Morgan fingerprint density at radius 3 is 2.00 bits per heavy atom. The van der Waals surface area contributed by atoms with Crippen LogP contribution in [0.4, 0.5) is 22.0 Å². The summed E-state index contributed by atoms with van der Waals surface area (Å²) in [7, 11) is -5.95. The monoisotopic (exact) mass is 427 g/mol. The fourth-order valence-corrected chi connectivity index (χ4v) is 1.77. The van der Waals surface area contributed by atoms with E-state index in [4.69, 9.17) is 4.55 Å². The van der Waals surface area contributed by atoms with E-state index >= 15 is 0 Å². The number of hydrogen-bond donors (Lipinski definition) is 2. The van der Waals surface area contributed by atoms with Crippen LogP contribution >= 0.6 is 0 Å². The Kier molecular flexibility index (Phi) is 7.91. The molecular weight excluding hydrogens is 409 g/mol. The first-order valence-electron chi connectivity index (χ1n) is 7.12. The Morgan fingerprint density at radius 1 is 1.19 bits per heavy atom. The Labute approximate surface area is 151 Å². The normalized spacial score (nSPS) is 15.2. The molecule has 0 saturated heterocycles. The molecule has 0 radical (unpaired) electrons. The summed E-state index contributed by atoms with van der Waals surface area (Å²) in [5, 5.41) is -3.10. The van der Waals surface area contributed by atoms with Gasteiger partial charge in [-0.1, -0.05) is 6.58 Å². The Morgan fingerprint density at radius 2 is 1.67 bits per heavy atom. The van der Waals surface area contributed by atoms with Gasteiger partial charge in [0.2, 0.25) is 0 Å². The Hall–Kier alpha value is -1.80. The van der Waals surface area contributed by atoms with Crippen LogP contribution in [-0.4, -0.2) is 54.7 Å². The maximum absolute atomic E-state index is 13.5. The third-order valence-electron chi connectivity index (χ3n) is 2.75. The predicted octanol–water partition coefficient (Wildman–Crippen LogP) is 1.78. The average Bonchev–Trinajstić information content (AvgIpc) is 2.42. The number of alkyl halides is 5. The first kappa shape index (κ1) is 25.2. The van der Waals surface area contributed by atoms with Crippen LogP contribution in [-0.2, 0) is 29.2 Å². The predicted molar refractivity (Wildman–Crippen MR) is 80.0 cm³/mol. The van der Waals surface area contributed by atoms with Crippen molar-refractivity contribution >= 4 is 22.0 Å². The van der Waals surface area contributed by atoms with Crippen LogP contribution in [0.3, 0.4) is 0 Å². The molecule has 0 aromatic carbocycles. The molecule has 0 fully saturated rings. The lowest BCUT2D eigenvalue weighted by molar-refractivity contribution is -0.348. The molecule has 14 heteroatoms. The van der Waals surface area contributed by atoms with Gasteiger partial charge in [-0.25, -0.2) is 4.79 Å². The maximum Gasteiger partial charge on any atom is 0.466 e. The molecule has 0 heterocycles. The van der Waals surface area contributed by atoms with Crippen LogP contribution in [0.15, 0.2) is 12.2 Å². The highest BCUT2D eigenvalue weighted by Crippen LogP contribution is 2.37. The summed E-state index contributed by atoms with van der Waals surface area (Å²) >= 11 is 0. The second kappa shape index (κ2) is 8.48. The summed E-state index contributed by atoms with van der Waals surface area (Å²) in [6.45, 7) is 4.78.